The van der Waals surface area contributed by atoms with Gasteiger partial charge >= 0.3 is 5.97 Å². The van der Waals surface area contributed by atoms with E-state index >= 15 is 0 Å². The SMILES string of the molecule is C=C(C)C1CCC2(C(=O)O)CCC3(C)C(CCC4C5(C)CCC(OC6OCC(O)C(O)C6O)C(C)(CO)C5CCC43C)C12. The number of ether oxygens (including phenoxy) is 2. The number of hydrogen-bond acceptors (Lipinski definition) is 7. The molecule has 5 saturated carbocycles. The van der Waals surface area contributed by atoms with Crippen LogP contribution in [0.15, 0.2) is 12.2 Å². The highest BCUT2D eigenvalue weighted by molar-refractivity contribution is 5.76. The summed E-state index contributed by atoms with van der Waals surface area (Å²) in [5, 5.41) is 52.4. The summed E-state index contributed by atoms with van der Waals surface area (Å²) in [6, 6.07) is 0. The molecule has 8 heteroatoms. The molecule has 1 saturated heterocycles. The van der Waals surface area contributed by atoms with Gasteiger partial charge in [0.15, 0.2) is 6.29 Å². The molecule has 8 nitrogen and oxygen atoms in total. The number of aliphatic carboxylic acids is 1. The molecule has 5 aliphatic carbocycles. The molecule has 6 rings (SSSR count). The van der Waals surface area contributed by atoms with Crippen LogP contribution in [0.4, 0.5) is 0 Å². The van der Waals surface area contributed by atoms with Gasteiger partial charge in [0.05, 0.1) is 24.7 Å². The Hall–Kier alpha value is -1.03. The Morgan fingerprint density at radius 1 is 0.884 bits per heavy atom. The van der Waals surface area contributed by atoms with Gasteiger partial charge in [0.1, 0.15) is 18.3 Å². The first-order valence-corrected chi connectivity index (χ1v) is 16.9. The Balaban J connectivity index is 1.30. The van der Waals surface area contributed by atoms with Crippen LogP contribution in [0.2, 0.25) is 0 Å². The van der Waals surface area contributed by atoms with E-state index in [9.17, 15) is 30.3 Å². The van der Waals surface area contributed by atoms with Crippen LogP contribution < -0.4 is 0 Å². The van der Waals surface area contributed by atoms with Crippen LogP contribution in [0.5, 0.6) is 0 Å². The molecule has 0 aromatic carbocycles. The maximum Gasteiger partial charge on any atom is 0.309 e. The van der Waals surface area contributed by atoms with E-state index in [-0.39, 0.29) is 53.3 Å². The first-order valence-electron chi connectivity index (χ1n) is 16.9. The van der Waals surface area contributed by atoms with Gasteiger partial charge in [-0.15, -0.1) is 0 Å². The largest absolute Gasteiger partial charge is 0.481 e. The van der Waals surface area contributed by atoms with E-state index in [0.717, 1.165) is 63.4 Å². The fourth-order valence-corrected chi connectivity index (χ4v) is 12.8. The Labute approximate surface area is 257 Å². The van der Waals surface area contributed by atoms with Gasteiger partial charge in [0.2, 0.25) is 0 Å². The number of carboxylic acids is 1. The quantitative estimate of drug-likeness (QED) is 0.228. The summed E-state index contributed by atoms with van der Waals surface area (Å²) < 4.78 is 12.0. The lowest BCUT2D eigenvalue weighted by molar-refractivity contribution is -0.316. The van der Waals surface area contributed by atoms with E-state index in [1.165, 1.54) is 0 Å². The normalized spacial score (nSPS) is 56.3. The van der Waals surface area contributed by atoms with Crippen molar-refractivity contribution in [3.8, 4) is 0 Å². The molecule has 1 heterocycles. The first kappa shape index (κ1) is 31.9. The second-order valence-electron chi connectivity index (χ2n) is 16.7. The topological polar surface area (TPSA) is 137 Å². The zero-order valence-corrected chi connectivity index (χ0v) is 26.9. The van der Waals surface area contributed by atoms with E-state index in [4.69, 9.17) is 9.47 Å². The highest BCUT2D eigenvalue weighted by Gasteiger charge is 2.72. The second kappa shape index (κ2) is 10.5. The maximum absolute atomic E-state index is 12.9. The fraction of sp³-hybridized carbons (Fsp3) is 0.914. The Morgan fingerprint density at radius 3 is 2.26 bits per heavy atom. The van der Waals surface area contributed by atoms with Crippen molar-refractivity contribution < 1.29 is 39.8 Å². The molecule has 0 aromatic heterocycles. The molecule has 43 heavy (non-hydrogen) atoms. The number of allylic oxidation sites excluding steroid dienone is 1. The van der Waals surface area contributed by atoms with Crippen molar-refractivity contribution in [2.45, 2.75) is 130 Å². The summed E-state index contributed by atoms with van der Waals surface area (Å²) in [4.78, 5) is 12.9. The van der Waals surface area contributed by atoms with Gasteiger partial charge < -0.3 is 35.0 Å². The van der Waals surface area contributed by atoms with Gasteiger partial charge in [-0.25, -0.2) is 0 Å². The van der Waals surface area contributed by atoms with Crippen LogP contribution in [0, 0.1) is 56.7 Å². The van der Waals surface area contributed by atoms with Crippen LogP contribution in [-0.4, -0.2) is 75.4 Å². The van der Waals surface area contributed by atoms with Gasteiger partial charge in [0.25, 0.3) is 0 Å². The minimum absolute atomic E-state index is 0.0230. The van der Waals surface area contributed by atoms with Crippen molar-refractivity contribution >= 4 is 5.97 Å². The molecule has 0 aromatic rings. The molecular weight excluding hydrogens is 548 g/mol. The third-order valence-electron chi connectivity index (χ3n) is 15.3. The molecule has 0 spiro atoms. The lowest BCUT2D eigenvalue weighted by atomic mass is 9.32. The molecule has 1 aliphatic heterocycles. The predicted molar refractivity (Wildman–Crippen MR) is 161 cm³/mol. The van der Waals surface area contributed by atoms with Crippen LogP contribution in [-0.2, 0) is 14.3 Å². The molecule has 15 atom stereocenters. The standard InChI is InChI=1S/C35H56O8/c1-19(2)20-9-14-35(30(40)41)16-15-33(5)21(26(20)35)7-8-24-31(3)12-11-25(43-29-28(39)27(38)22(37)17-42-29)32(4,18-36)23(31)10-13-34(24,33)6/h20-29,36-39H,1,7-18H2,2-6H3,(H,40,41). The van der Waals surface area contributed by atoms with E-state index in [0.29, 0.717) is 18.3 Å². The summed E-state index contributed by atoms with van der Waals surface area (Å²) in [6.45, 7) is 15.9. The first-order chi connectivity index (χ1) is 20.1. The number of aliphatic hydroxyl groups excluding tert-OH is 4. The highest BCUT2D eigenvalue weighted by atomic mass is 16.7. The molecule has 0 amide bonds. The average Bonchev–Trinajstić information content (AvgIpc) is 3.36. The number of carbonyl (C=O) groups is 1. The average molecular weight is 605 g/mol. The van der Waals surface area contributed by atoms with Gasteiger partial charge in [-0.3, -0.25) is 4.79 Å². The maximum atomic E-state index is 12.9. The van der Waals surface area contributed by atoms with Gasteiger partial charge in [-0.05, 0) is 117 Å². The summed E-state index contributed by atoms with van der Waals surface area (Å²) in [7, 11) is 0. The van der Waals surface area contributed by atoms with E-state index < -0.39 is 41.4 Å². The van der Waals surface area contributed by atoms with Gasteiger partial charge in [-0.1, -0.05) is 39.8 Å². The minimum atomic E-state index is -1.35. The molecule has 6 aliphatic rings. The Kier molecular flexibility index (Phi) is 7.79. The fourth-order valence-electron chi connectivity index (χ4n) is 12.8. The van der Waals surface area contributed by atoms with Crippen LogP contribution >= 0.6 is 0 Å². The van der Waals surface area contributed by atoms with Crippen molar-refractivity contribution in [2.75, 3.05) is 13.2 Å². The molecule has 0 radical (unpaired) electrons. The molecule has 15 unspecified atom stereocenters. The number of aliphatic hydroxyl groups is 4. The zero-order chi connectivity index (χ0) is 31.3. The highest BCUT2D eigenvalue weighted by Crippen LogP contribution is 2.77. The zero-order valence-electron chi connectivity index (χ0n) is 26.9. The van der Waals surface area contributed by atoms with Crippen LogP contribution in [0.25, 0.3) is 0 Å². The minimum Gasteiger partial charge on any atom is -0.481 e. The Bertz CT molecular complexity index is 1130. The lowest BCUT2D eigenvalue weighted by Gasteiger charge is -2.73. The van der Waals surface area contributed by atoms with Crippen LogP contribution in [0.1, 0.15) is 98.8 Å². The third-order valence-corrected chi connectivity index (χ3v) is 15.3. The summed E-state index contributed by atoms with van der Waals surface area (Å²) in [5.41, 5.74) is 0.0272. The second-order valence-corrected chi connectivity index (χ2v) is 16.7. The summed E-state index contributed by atoms with van der Waals surface area (Å²) in [5.74, 6) is 0.829. The van der Waals surface area contributed by atoms with Crippen molar-refractivity contribution in [3.05, 3.63) is 12.2 Å². The van der Waals surface area contributed by atoms with Crippen molar-refractivity contribution in [1.82, 2.24) is 0 Å². The predicted octanol–water partition coefficient (Wildman–Crippen LogP) is 4.53. The molecule has 244 valence electrons. The van der Waals surface area contributed by atoms with Crippen LogP contribution in [0.3, 0.4) is 0 Å². The monoisotopic (exact) mass is 604 g/mol. The summed E-state index contributed by atoms with van der Waals surface area (Å²) >= 11 is 0. The number of fused-ring (bicyclic) bond motifs is 7. The molecule has 0 bridgehead atoms. The summed E-state index contributed by atoms with van der Waals surface area (Å²) in [6.07, 6.45) is 3.90. The van der Waals surface area contributed by atoms with E-state index in [2.05, 4.69) is 41.2 Å². The molecule has 6 fully saturated rings. The smallest absolute Gasteiger partial charge is 0.309 e. The third kappa shape index (κ3) is 4.18. The molecular formula is C35H56O8. The van der Waals surface area contributed by atoms with Crippen molar-refractivity contribution in [3.63, 3.8) is 0 Å². The molecule has 5 N–H and O–H groups in total. The number of carboxylic acid groups (broad SMARTS) is 1. The number of rotatable bonds is 5. The van der Waals surface area contributed by atoms with Crippen molar-refractivity contribution in [2.24, 2.45) is 56.7 Å². The number of hydrogen-bond donors (Lipinski definition) is 5. The Morgan fingerprint density at radius 2 is 1.60 bits per heavy atom. The van der Waals surface area contributed by atoms with Crippen molar-refractivity contribution in [1.29, 1.82) is 0 Å². The van der Waals surface area contributed by atoms with E-state index in [1.807, 2.05) is 0 Å². The van der Waals surface area contributed by atoms with E-state index in [1.54, 1.807) is 0 Å². The lowest BCUT2D eigenvalue weighted by Crippen LogP contribution is -2.68. The van der Waals surface area contributed by atoms with Gasteiger partial charge in [0, 0.05) is 5.41 Å². The van der Waals surface area contributed by atoms with Gasteiger partial charge in [-0.2, -0.15) is 0 Å².